The lowest BCUT2D eigenvalue weighted by Gasteiger charge is -2.24. The van der Waals surface area contributed by atoms with Crippen molar-refractivity contribution in [3.05, 3.63) is 64.4 Å². The smallest absolute Gasteiger partial charge is 0.254 e. The molecule has 0 saturated heterocycles. The van der Waals surface area contributed by atoms with E-state index in [0.717, 1.165) is 23.2 Å². The summed E-state index contributed by atoms with van der Waals surface area (Å²) in [6.07, 6.45) is 0. The number of aromatic nitrogens is 2. The summed E-state index contributed by atoms with van der Waals surface area (Å²) in [5.41, 5.74) is 1.75. The van der Waals surface area contributed by atoms with Crippen molar-refractivity contribution in [1.29, 1.82) is 0 Å². The van der Waals surface area contributed by atoms with E-state index in [9.17, 15) is 13.6 Å². The van der Waals surface area contributed by atoms with Crippen LogP contribution in [-0.2, 0) is 13.6 Å². The number of halogens is 3. The van der Waals surface area contributed by atoms with Crippen LogP contribution >= 0.6 is 11.6 Å². The van der Waals surface area contributed by atoms with Crippen LogP contribution in [0.1, 0.15) is 30.0 Å². The van der Waals surface area contributed by atoms with Gasteiger partial charge in [0.15, 0.2) is 11.6 Å². The maximum atomic E-state index is 13.6. The first-order valence-corrected chi connectivity index (χ1v) is 8.99. The van der Waals surface area contributed by atoms with Crippen LogP contribution in [0.25, 0.3) is 11.0 Å². The largest absolute Gasteiger partial charge is 0.331 e. The maximum absolute atomic E-state index is 13.6. The Hall–Kier alpha value is -2.47. The molecule has 0 saturated carbocycles. The Kier molecular flexibility index (Phi) is 5.46. The van der Waals surface area contributed by atoms with E-state index in [4.69, 9.17) is 11.6 Å². The number of carbonyl (C=O) groups is 1. The predicted octanol–water partition coefficient (Wildman–Crippen LogP) is 4.80. The zero-order valence-electron chi connectivity index (χ0n) is 15.3. The Morgan fingerprint density at radius 3 is 2.59 bits per heavy atom. The summed E-state index contributed by atoms with van der Waals surface area (Å²) in [7, 11) is 1.86. The molecule has 0 radical (unpaired) electrons. The second kappa shape index (κ2) is 7.64. The third-order valence-corrected chi connectivity index (χ3v) is 4.54. The highest BCUT2D eigenvalue weighted by Crippen LogP contribution is 2.21. The summed E-state index contributed by atoms with van der Waals surface area (Å²) in [5.74, 6) is -1.50. The van der Waals surface area contributed by atoms with Crippen molar-refractivity contribution in [1.82, 2.24) is 14.5 Å². The topological polar surface area (TPSA) is 38.1 Å². The summed E-state index contributed by atoms with van der Waals surface area (Å²) < 4.78 is 28.6. The zero-order valence-corrected chi connectivity index (χ0v) is 16.1. The summed E-state index contributed by atoms with van der Waals surface area (Å²) in [4.78, 5) is 19.1. The molecule has 3 rings (SSSR count). The Bertz CT molecular complexity index is 1000. The molecule has 0 spiro atoms. The molecular formula is C20H20ClF2N3O. The van der Waals surface area contributed by atoms with Gasteiger partial charge < -0.3 is 9.47 Å². The molecule has 1 heterocycles. The number of amides is 1. The van der Waals surface area contributed by atoms with E-state index in [1.54, 1.807) is 11.0 Å². The van der Waals surface area contributed by atoms with Crippen LogP contribution < -0.4 is 0 Å². The lowest BCUT2D eigenvalue weighted by molar-refractivity contribution is 0.0716. The molecule has 0 unspecified atom stereocenters. The van der Waals surface area contributed by atoms with E-state index in [1.165, 1.54) is 6.07 Å². The molecule has 1 amide bonds. The fourth-order valence-electron chi connectivity index (χ4n) is 3.00. The van der Waals surface area contributed by atoms with E-state index in [0.29, 0.717) is 17.4 Å². The van der Waals surface area contributed by atoms with Crippen LogP contribution in [0, 0.1) is 17.6 Å². The van der Waals surface area contributed by atoms with Gasteiger partial charge in [-0.15, -0.1) is 0 Å². The molecule has 0 aliphatic heterocycles. The quantitative estimate of drug-likeness (QED) is 0.626. The molecule has 2 aromatic carbocycles. The molecular weight excluding hydrogens is 372 g/mol. The van der Waals surface area contributed by atoms with Gasteiger partial charge in [-0.05, 0) is 42.3 Å². The van der Waals surface area contributed by atoms with E-state index in [2.05, 4.69) is 4.98 Å². The molecule has 142 valence electrons. The molecule has 0 bridgehead atoms. The molecule has 0 atom stereocenters. The number of imidazole rings is 1. The van der Waals surface area contributed by atoms with Gasteiger partial charge in [0.2, 0.25) is 0 Å². The number of nitrogens with zero attached hydrogens (tertiary/aromatic N) is 3. The van der Waals surface area contributed by atoms with E-state index in [-0.39, 0.29) is 23.9 Å². The molecule has 27 heavy (non-hydrogen) atoms. The van der Waals surface area contributed by atoms with Crippen LogP contribution in [0.5, 0.6) is 0 Å². The molecule has 4 nitrogen and oxygen atoms in total. The third kappa shape index (κ3) is 4.11. The fourth-order valence-corrected chi connectivity index (χ4v) is 3.16. The molecule has 3 aromatic rings. The lowest BCUT2D eigenvalue weighted by atomic mass is 10.1. The van der Waals surface area contributed by atoms with Crippen LogP contribution in [0.15, 0.2) is 36.4 Å². The minimum atomic E-state index is -1.04. The maximum Gasteiger partial charge on any atom is 0.254 e. The highest BCUT2D eigenvalue weighted by Gasteiger charge is 2.21. The van der Waals surface area contributed by atoms with Crippen molar-refractivity contribution in [3.8, 4) is 0 Å². The van der Waals surface area contributed by atoms with Gasteiger partial charge in [0.1, 0.15) is 5.82 Å². The average molecular weight is 392 g/mol. The highest BCUT2D eigenvalue weighted by molar-refractivity contribution is 6.31. The second-order valence-electron chi connectivity index (χ2n) is 6.93. The summed E-state index contributed by atoms with van der Waals surface area (Å²) in [6.45, 7) is 4.68. The van der Waals surface area contributed by atoms with Gasteiger partial charge in [-0.2, -0.15) is 0 Å². The van der Waals surface area contributed by atoms with E-state index in [1.807, 2.05) is 37.6 Å². The normalized spacial score (nSPS) is 11.4. The summed E-state index contributed by atoms with van der Waals surface area (Å²) >= 11 is 6.06. The molecule has 0 aliphatic carbocycles. The lowest BCUT2D eigenvalue weighted by Crippen LogP contribution is -2.34. The van der Waals surface area contributed by atoms with Gasteiger partial charge in [0.25, 0.3) is 5.91 Å². The number of fused-ring (bicyclic) bond motifs is 1. The zero-order chi connectivity index (χ0) is 19.7. The number of aryl methyl sites for hydroxylation is 1. The minimum Gasteiger partial charge on any atom is -0.331 e. The van der Waals surface area contributed by atoms with E-state index < -0.39 is 11.6 Å². The van der Waals surface area contributed by atoms with Crippen molar-refractivity contribution in [2.24, 2.45) is 13.0 Å². The highest BCUT2D eigenvalue weighted by atomic mass is 35.5. The Morgan fingerprint density at radius 1 is 1.19 bits per heavy atom. The molecule has 0 N–H and O–H groups in total. The van der Waals surface area contributed by atoms with Gasteiger partial charge in [0.05, 0.1) is 17.6 Å². The Labute approximate surface area is 161 Å². The predicted molar refractivity (Wildman–Crippen MR) is 102 cm³/mol. The summed E-state index contributed by atoms with van der Waals surface area (Å²) in [5, 5.41) is 0.606. The molecule has 1 aromatic heterocycles. The first-order valence-electron chi connectivity index (χ1n) is 8.61. The molecule has 0 aliphatic rings. The SMILES string of the molecule is CC(C)CN(Cc1nc2ccc(Cl)cc2n1C)C(=O)c1ccc(F)c(F)c1. The monoisotopic (exact) mass is 391 g/mol. The van der Waals surface area contributed by atoms with Gasteiger partial charge in [-0.25, -0.2) is 13.8 Å². The number of hydrogen-bond donors (Lipinski definition) is 0. The number of carbonyl (C=O) groups excluding carboxylic acids is 1. The van der Waals surface area contributed by atoms with Crippen molar-refractivity contribution >= 4 is 28.5 Å². The third-order valence-electron chi connectivity index (χ3n) is 4.31. The van der Waals surface area contributed by atoms with Crippen molar-refractivity contribution in [3.63, 3.8) is 0 Å². The van der Waals surface area contributed by atoms with Crippen LogP contribution in [0.2, 0.25) is 5.02 Å². The first kappa shape index (κ1) is 19.3. The number of benzene rings is 2. The number of rotatable bonds is 5. The van der Waals surface area contributed by atoms with E-state index >= 15 is 0 Å². The minimum absolute atomic E-state index is 0.108. The average Bonchev–Trinajstić information content (AvgIpc) is 2.91. The molecule has 7 heteroatoms. The van der Waals surface area contributed by atoms with Crippen molar-refractivity contribution in [2.75, 3.05) is 6.54 Å². The fraction of sp³-hybridized carbons (Fsp3) is 0.300. The Balaban J connectivity index is 1.94. The van der Waals surface area contributed by atoms with Crippen LogP contribution in [-0.4, -0.2) is 26.9 Å². The van der Waals surface area contributed by atoms with Gasteiger partial charge >= 0.3 is 0 Å². The number of hydrogen-bond acceptors (Lipinski definition) is 2. The summed E-state index contributed by atoms with van der Waals surface area (Å²) in [6, 6.07) is 8.59. The first-order chi connectivity index (χ1) is 12.8. The van der Waals surface area contributed by atoms with Gasteiger partial charge in [-0.3, -0.25) is 4.79 Å². The standard InChI is InChI=1S/C20H20ClF2N3O/c1-12(2)10-26(20(27)13-4-6-15(22)16(23)8-13)11-19-24-17-7-5-14(21)9-18(17)25(19)3/h4-9,12H,10-11H2,1-3H3. The van der Waals surface area contributed by atoms with Crippen molar-refractivity contribution < 1.29 is 13.6 Å². The van der Waals surface area contributed by atoms with Gasteiger partial charge in [-0.1, -0.05) is 25.4 Å². The van der Waals surface area contributed by atoms with Gasteiger partial charge in [0, 0.05) is 24.2 Å². The Morgan fingerprint density at radius 2 is 1.93 bits per heavy atom. The second-order valence-corrected chi connectivity index (χ2v) is 7.36. The van der Waals surface area contributed by atoms with Crippen molar-refractivity contribution in [2.45, 2.75) is 20.4 Å². The van der Waals surface area contributed by atoms with Crippen LogP contribution in [0.3, 0.4) is 0 Å². The van der Waals surface area contributed by atoms with Crippen LogP contribution in [0.4, 0.5) is 8.78 Å². The molecule has 0 fully saturated rings.